The maximum atomic E-state index is 8.23. The average Bonchev–Trinajstić information content (AvgIpc) is 2.35. The van der Waals surface area contributed by atoms with Crippen molar-refractivity contribution >= 4 is 5.82 Å². The highest BCUT2D eigenvalue weighted by Gasteiger charge is 2.01. The van der Waals surface area contributed by atoms with Gasteiger partial charge in [-0.15, -0.1) is 0 Å². The van der Waals surface area contributed by atoms with Gasteiger partial charge in [-0.3, -0.25) is 5.10 Å². The lowest BCUT2D eigenvalue weighted by atomic mass is 10.2. The molecule has 1 aromatic heterocycles. The molecule has 0 aliphatic rings. The first kappa shape index (κ1) is 8.16. The normalized spacial score (nSPS) is 8.33. The lowest BCUT2D eigenvalue weighted by Crippen LogP contribution is -1.87. The van der Waals surface area contributed by atoms with Gasteiger partial charge in [0.2, 0.25) is 0 Å². The van der Waals surface area contributed by atoms with Crippen molar-refractivity contribution in [2.45, 2.75) is 13.3 Å². The Morgan fingerprint density at radius 1 is 1.67 bits per heavy atom. The van der Waals surface area contributed by atoms with Crippen LogP contribution in [0.3, 0.4) is 0 Å². The Kier molecular flexibility index (Phi) is 2.35. The Morgan fingerprint density at radius 3 is 2.92 bits per heavy atom. The number of hydrogen-bond donors (Lipinski definition) is 2. The second kappa shape index (κ2) is 3.45. The van der Waals surface area contributed by atoms with Gasteiger partial charge in [-0.1, -0.05) is 11.8 Å². The van der Waals surface area contributed by atoms with Gasteiger partial charge in [0.15, 0.2) is 5.82 Å². The molecule has 1 rings (SSSR count). The van der Waals surface area contributed by atoms with Gasteiger partial charge in [-0.2, -0.15) is 10.4 Å². The minimum Gasteiger partial charge on any atom is -0.381 e. The first-order valence-electron chi connectivity index (χ1n) is 3.42. The summed E-state index contributed by atoms with van der Waals surface area (Å²) in [5.41, 5.74) is 7.01. The van der Waals surface area contributed by atoms with Crippen LogP contribution in [0, 0.1) is 30.1 Å². The molecule has 1 heterocycles. The minimum atomic E-state index is 0.212. The predicted molar refractivity (Wildman–Crippen MR) is 44.8 cm³/mol. The number of aromatic amines is 1. The Balaban J connectivity index is 2.91. The quantitative estimate of drug-likeness (QED) is 0.544. The Bertz CT molecular complexity index is 352. The molecule has 3 N–H and O–H groups in total. The summed E-state index contributed by atoms with van der Waals surface area (Å²) in [4.78, 5) is 0. The van der Waals surface area contributed by atoms with Gasteiger partial charge in [0.1, 0.15) is 0 Å². The fourth-order valence-corrected chi connectivity index (χ4v) is 0.778. The third-order valence-electron chi connectivity index (χ3n) is 1.36. The molecular weight excluding hydrogens is 152 g/mol. The summed E-state index contributed by atoms with van der Waals surface area (Å²) in [6.45, 7) is 1.83. The van der Waals surface area contributed by atoms with E-state index in [1.165, 1.54) is 0 Å². The van der Waals surface area contributed by atoms with E-state index in [0.29, 0.717) is 11.4 Å². The van der Waals surface area contributed by atoms with Crippen molar-refractivity contribution in [1.29, 1.82) is 5.26 Å². The fourth-order valence-electron chi connectivity index (χ4n) is 0.778. The van der Waals surface area contributed by atoms with Crippen LogP contribution < -0.4 is 5.73 Å². The number of nitrogens with zero attached hydrogens (tertiary/aromatic N) is 2. The second-order valence-electron chi connectivity index (χ2n) is 2.25. The van der Waals surface area contributed by atoms with E-state index >= 15 is 0 Å². The number of rotatable bonds is 0. The highest BCUT2D eigenvalue weighted by molar-refractivity contribution is 5.53. The number of H-pyrrole nitrogens is 1. The summed E-state index contributed by atoms with van der Waals surface area (Å²) < 4.78 is 0. The van der Waals surface area contributed by atoms with Gasteiger partial charge in [-0.25, -0.2) is 0 Å². The fraction of sp³-hybridized carbons (Fsp3) is 0.250. The number of nitrogens with two attached hydrogens (primary N) is 1. The summed E-state index contributed by atoms with van der Waals surface area (Å²) in [5.74, 6) is 5.83. The van der Waals surface area contributed by atoms with Crippen LogP contribution in [-0.2, 0) is 0 Å². The van der Waals surface area contributed by atoms with Crippen molar-refractivity contribution in [3.05, 3.63) is 11.3 Å². The van der Waals surface area contributed by atoms with E-state index < -0.39 is 0 Å². The number of nitriles is 1. The molecule has 4 heteroatoms. The summed E-state index contributed by atoms with van der Waals surface area (Å²) in [5, 5.41) is 14.7. The van der Waals surface area contributed by atoms with E-state index in [2.05, 4.69) is 22.0 Å². The van der Waals surface area contributed by atoms with Crippen molar-refractivity contribution in [2.75, 3.05) is 5.73 Å². The summed E-state index contributed by atoms with van der Waals surface area (Å²) >= 11 is 0. The topological polar surface area (TPSA) is 78.5 Å². The lowest BCUT2D eigenvalue weighted by molar-refractivity contribution is 1.05. The molecule has 0 fully saturated rings. The van der Waals surface area contributed by atoms with Crippen molar-refractivity contribution in [1.82, 2.24) is 10.2 Å². The molecule has 60 valence electrons. The van der Waals surface area contributed by atoms with Crippen molar-refractivity contribution in [3.8, 4) is 17.9 Å². The molecule has 0 aromatic carbocycles. The zero-order valence-electron chi connectivity index (χ0n) is 6.68. The van der Waals surface area contributed by atoms with Crippen molar-refractivity contribution in [3.63, 3.8) is 0 Å². The zero-order valence-corrected chi connectivity index (χ0v) is 6.68. The van der Waals surface area contributed by atoms with Crippen molar-refractivity contribution in [2.24, 2.45) is 0 Å². The molecule has 0 aliphatic carbocycles. The van der Waals surface area contributed by atoms with Crippen LogP contribution in [0.25, 0.3) is 0 Å². The third kappa shape index (κ3) is 1.56. The van der Waals surface area contributed by atoms with Crippen LogP contribution in [-0.4, -0.2) is 10.2 Å². The lowest BCUT2D eigenvalue weighted by Gasteiger charge is -1.85. The molecule has 4 nitrogen and oxygen atoms in total. The first-order valence-corrected chi connectivity index (χ1v) is 3.42. The molecule has 12 heavy (non-hydrogen) atoms. The molecule has 1 aromatic rings. The molecular formula is C8H8N4. The second-order valence-corrected chi connectivity index (χ2v) is 2.25. The number of hydrogen-bond acceptors (Lipinski definition) is 3. The smallest absolute Gasteiger partial charge is 0.161 e. The highest BCUT2D eigenvalue weighted by atomic mass is 15.2. The van der Waals surface area contributed by atoms with Crippen LogP contribution in [0.2, 0.25) is 0 Å². The Morgan fingerprint density at radius 2 is 2.42 bits per heavy atom. The van der Waals surface area contributed by atoms with E-state index in [-0.39, 0.29) is 6.42 Å². The summed E-state index contributed by atoms with van der Waals surface area (Å²) in [7, 11) is 0. The predicted octanol–water partition coefficient (Wildman–Crippen LogP) is 0.566. The molecule has 0 bridgehead atoms. The van der Waals surface area contributed by atoms with E-state index in [9.17, 15) is 0 Å². The Hall–Kier alpha value is -1.94. The monoisotopic (exact) mass is 160 g/mol. The molecule has 0 unspecified atom stereocenters. The number of aromatic nitrogens is 2. The minimum absolute atomic E-state index is 0.212. The molecule has 0 aliphatic heterocycles. The average molecular weight is 160 g/mol. The van der Waals surface area contributed by atoms with Gasteiger partial charge >= 0.3 is 0 Å². The van der Waals surface area contributed by atoms with E-state index in [1.54, 1.807) is 0 Å². The van der Waals surface area contributed by atoms with Gasteiger partial charge in [0.05, 0.1) is 18.1 Å². The number of anilines is 1. The van der Waals surface area contributed by atoms with Crippen LogP contribution in [0.4, 0.5) is 5.82 Å². The largest absolute Gasteiger partial charge is 0.381 e. The number of aryl methyl sites for hydroxylation is 1. The summed E-state index contributed by atoms with van der Waals surface area (Å²) in [6.07, 6.45) is 0.212. The number of nitrogens with one attached hydrogen (secondary N) is 1. The molecule has 0 amide bonds. The standard InChI is InChI=1S/C8H8N4/c1-6-7(4-2-3-5-9)8(10)12-11-6/h3H2,1H3,(H3,10,11,12). The van der Waals surface area contributed by atoms with Crippen LogP contribution >= 0.6 is 0 Å². The van der Waals surface area contributed by atoms with Crippen LogP contribution in [0.15, 0.2) is 0 Å². The molecule has 0 radical (unpaired) electrons. The highest BCUT2D eigenvalue weighted by Crippen LogP contribution is 2.09. The SMILES string of the molecule is Cc1[nH]nc(N)c1C#CCC#N. The number of nitrogen functional groups attached to an aromatic ring is 1. The van der Waals surface area contributed by atoms with E-state index in [0.717, 1.165) is 5.69 Å². The molecule has 0 spiro atoms. The van der Waals surface area contributed by atoms with Gasteiger partial charge in [0.25, 0.3) is 0 Å². The molecule has 0 saturated carbocycles. The maximum Gasteiger partial charge on any atom is 0.161 e. The van der Waals surface area contributed by atoms with Crippen molar-refractivity contribution < 1.29 is 0 Å². The molecule has 0 saturated heterocycles. The first-order chi connectivity index (χ1) is 5.75. The van der Waals surface area contributed by atoms with E-state index in [4.69, 9.17) is 11.0 Å². The van der Waals surface area contributed by atoms with Gasteiger partial charge in [-0.05, 0) is 6.92 Å². The van der Waals surface area contributed by atoms with Crippen LogP contribution in [0.1, 0.15) is 17.7 Å². The zero-order chi connectivity index (χ0) is 8.97. The molecule has 0 atom stereocenters. The van der Waals surface area contributed by atoms with Gasteiger partial charge < -0.3 is 5.73 Å². The maximum absolute atomic E-state index is 8.23. The van der Waals surface area contributed by atoms with Gasteiger partial charge in [0, 0.05) is 5.69 Å². The third-order valence-corrected chi connectivity index (χ3v) is 1.36. The van der Waals surface area contributed by atoms with Crippen LogP contribution in [0.5, 0.6) is 0 Å². The van der Waals surface area contributed by atoms with E-state index in [1.807, 2.05) is 13.0 Å². The Labute approximate surface area is 70.4 Å². The summed E-state index contributed by atoms with van der Waals surface area (Å²) in [6, 6.07) is 1.92.